The van der Waals surface area contributed by atoms with Crippen LogP contribution >= 0.6 is 0 Å². The summed E-state index contributed by atoms with van der Waals surface area (Å²) in [6, 6.07) is 7.83. The number of carbonyl (C=O) groups excluding carboxylic acids is 1. The second-order valence-electron chi connectivity index (χ2n) is 6.73. The Hall–Kier alpha value is -2.08. The molecular weight excluding hydrogens is 294 g/mol. The number of hydrogen-bond acceptors (Lipinski definition) is 3. The maximum absolute atomic E-state index is 12.5. The van der Waals surface area contributed by atoms with E-state index in [0.717, 1.165) is 37.3 Å². The largest absolute Gasteiger partial charge is 0.481 e. The minimum absolute atomic E-state index is 0.0563. The molecule has 23 heavy (non-hydrogen) atoms. The highest BCUT2D eigenvalue weighted by Crippen LogP contribution is 2.44. The van der Waals surface area contributed by atoms with Gasteiger partial charge in [0.1, 0.15) is 0 Å². The van der Waals surface area contributed by atoms with Gasteiger partial charge in [-0.1, -0.05) is 18.6 Å². The van der Waals surface area contributed by atoms with Gasteiger partial charge in [0.25, 0.3) is 0 Å². The highest BCUT2D eigenvalue weighted by molar-refractivity contribution is 5.95. The molecule has 0 aromatic heterocycles. The van der Waals surface area contributed by atoms with Crippen LogP contribution in [0.15, 0.2) is 24.3 Å². The summed E-state index contributed by atoms with van der Waals surface area (Å²) in [6.45, 7) is 3.12. The van der Waals surface area contributed by atoms with Crippen LogP contribution in [0.5, 0.6) is 0 Å². The Balaban J connectivity index is 1.57. The Kier molecular flexibility index (Phi) is 3.30. The molecule has 1 saturated carbocycles. The van der Waals surface area contributed by atoms with Crippen LogP contribution in [0, 0.1) is 0 Å². The zero-order valence-corrected chi connectivity index (χ0v) is 13.0. The van der Waals surface area contributed by atoms with Gasteiger partial charge in [-0.15, -0.1) is 0 Å². The first-order valence-corrected chi connectivity index (χ1v) is 8.25. The van der Waals surface area contributed by atoms with Gasteiger partial charge in [0.15, 0.2) is 0 Å². The molecule has 1 aliphatic carbocycles. The number of fused-ring (bicyclic) bond motifs is 1. The van der Waals surface area contributed by atoms with Crippen LogP contribution in [0.4, 0.5) is 10.5 Å². The van der Waals surface area contributed by atoms with E-state index >= 15 is 0 Å². The van der Waals surface area contributed by atoms with Crippen LogP contribution in [0.3, 0.4) is 0 Å². The van der Waals surface area contributed by atoms with E-state index in [0.29, 0.717) is 19.4 Å². The van der Waals surface area contributed by atoms with Crippen LogP contribution in [0.25, 0.3) is 0 Å². The highest BCUT2D eigenvalue weighted by Gasteiger charge is 2.46. The predicted octanol–water partition coefficient (Wildman–Crippen LogP) is 1.41. The smallest absolute Gasteiger partial charge is 0.324 e. The zero-order chi connectivity index (χ0) is 16.0. The Morgan fingerprint density at radius 2 is 2.00 bits per heavy atom. The molecule has 4 rings (SSSR count). The molecule has 3 aliphatic rings. The number of amides is 2. The number of nitrogens with zero attached hydrogens (tertiary/aromatic N) is 2. The SMILES string of the molecule is O=C1N(c2ccc(C3(C(=O)O)CCC3)cc2)C[C@@H]2CNCCN12. The van der Waals surface area contributed by atoms with Crippen LogP contribution in [0.1, 0.15) is 24.8 Å². The number of carbonyl (C=O) groups is 2. The number of urea groups is 1. The summed E-state index contributed by atoms with van der Waals surface area (Å²) in [5.74, 6) is -0.739. The number of anilines is 1. The monoisotopic (exact) mass is 315 g/mol. The summed E-state index contributed by atoms with van der Waals surface area (Å²) < 4.78 is 0. The fraction of sp³-hybridized carbons (Fsp3) is 0.529. The fourth-order valence-electron chi connectivity index (χ4n) is 3.95. The third kappa shape index (κ3) is 2.12. The van der Waals surface area contributed by atoms with Crippen molar-refractivity contribution in [1.82, 2.24) is 10.2 Å². The average molecular weight is 315 g/mol. The van der Waals surface area contributed by atoms with E-state index in [4.69, 9.17) is 0 Å². The lowest BCUT2D eigenvalue weighted by Gasteiger charge is -2.38. The number of rotatable bonds is 3. The van der Waals surface area contributed by atoms with Crippen molar-refractivity contribution in [2.24, 2.45) is 0 Å². The topological polar surface area (TPSA) is 72.9 Å². The maximum Gasteiger partial charge on any atom is 0.324 e. The molecule has 2 amide bonds. The van der Waals surface area contributed by atoms with Crippen molar-refractivity contribution < 1.29 is 14.7 Å². The molecule has 1 aromatic carbocycles. The Bertz CT molecular complexity index is 639. The average Bonchev–Trinajstić information content (AvgIpc) is 2.84. The number of carboxylic acid groups (broad SMARTS) is 1. The van der Waals surface area contributed by atoms with Gasteiger partial charge in [-0.05, 0) is 30.5 Å². The van der Waals surface area contributed by atoms with E-state index < -0.39 is 11.4 Å². The van der Waals surface area contributed by atoms with Gasteiger partial charge < -0.3 is 15.3 Å². The van der Waals surface area contributed by atoms with Gasteiger partial charge >= 0.3 is 12.0 Å². The number of hydrogen-bond donors (Lipinski definition) is 2. The minimum Gasteiger partial charge on any atom is -0.481 e. The molecule has 0 bridgehead atoms. The fourth-order valence-corrected chi connectivity index (χ4v) is 3.95. The maximum atomic E-state index is 12.5. The molecular formula is C17H21N3O3. The number of nitrogens with one attached hydrogen (secondary N) is 1. The summed E-state index contributed by atoms with van der Waals surface area (Å²) in [4.78, 5) is 27.8. The van der Waals surface area contributed by atoms with Gasteiger partial charge in [0, 0.05) is 31.9 Å². The molecule has 2 saturated heterocycles. The van der Waals surface area contributed by atoms with Gasteiger partial charge in [0.2, 0.25) is 0 Å². The van der Waals surface area contributed by atoms with Crippen molar-refractivity contribution >= 4 is 17.7 Å². The van der Waals surface area contributed by atoms with Gasteiger partial charge in [-0.2, -0.15) is 0 Å². The molecule has 2 aliphatic heterocycles. The number of benzene rings is 1. The standard InChI is InChI=1S/C17H21N3O3/c21-15(22)17(6-1-7-17)12-2-4-13(5-3-12)20-11-14-10-18-8-9-19(14)16(20)23/h2-5,14,18H,1,6-11H2,(H,21,22)/t14-/m0/s1. The highest BCUT2D eigenvalue weighted by atomic mass is 16.4. The normalized spacial score (nSPS) is 25.9. The van der Waals surface area contributed by atoms with Crippen LogP contribution in [-0.2, 0) is 10.2 Å². The van der Waals surface area contributed by atoms with E-state index in [1.807, 2.05) is 29.2 Å². The van der Waals surface area contributed by atoms with E-state index in [2.05, 4.69) is 5.32 Å². The number of piperazine rings is 1. The molecule has 0 unspecified atom stereocenters. The Morgan fingerprint density at radius 1 is 1.26 bits per heavy atom. The van der Waals surface area contributed by atoms with Crippen molar-refractivity contribution in [3.8, 4) is 0 Å². The molecule has 0 spiro atoms. The lowest BCUT2D eigenvalue weighted by atomic mass is 9.64. The summed E-state index contributed by atoms with van der Waals surface area (Å²) >= 11 is 0. The molecule has 2 heterocycles. The minimum atomic E-state index is -0.739. The van der Waals surface area contributed by atoms with Crippen molar-refractivity contribution in [3.63, 3.8) is 0 Å². The first kappa shape index (κ1) is 14.5. The second-order valence-corrected chi connectivity index (χ2v) is 6.73. The summed E-state index contributed by atoms with van der Waals surface area (Å²) in [7, 11) is 0. The quantitative estimate of drug-likeness (QED) is 0.884. The first-order valence-electron chi connectivity index (χ1n) is 8.25. The van der Waals surface area contributed by atoms with Gasteiger partial charge in [0.05, 0.1) is 11.5 Å². The summed E-state index contributed by atoms with van der Waals surface area (Å²) in [5, 5.41) is 12.8. The van der Waals surface area contributed by atoms with E-state index in [-0.39, 0.29) is 12.1 Å². The van der Waals surface area contributed by atoms with Crippen LogP contribution in [-0.4, -0.2) is 54.2 Å². The molecule has 2 N–H and O–H groups in total. The zero-order valence-electron chi connectivity index (χ0n) is 13.0. The van der Waals surface area contributed by atoms with Crippen LogP contribution < -0.4 is 10.2 Å². The number of carboxylic acids is 1. The molecule has 3 fully saturated rings. The van der Waals surface area contributed by atoms with Crippen molar-refractivity contribution in [3.05, 3.63) is 29.8 Å². The third-order valence-corrected chi connectivity index (χ3v) is 5.57. The second kappa shape index (κ2) is 5.23. The Morgan fingerprint density at radius 3 is 2.57 bits per heavy atom. The van der Waals surface area contributed by atoms with Crippen molar-refractivity contribution in [2.45, 2.75) is 30.7 Å². The Labute approximate surface area is 135 Å². The van der Waals surface area contributed by atoms with E-state index in [1.54, 1.807) is 4.90 Å². The summed E-state index contributed by atoms with van der Waals surface area (Å²) in [6.07, 6.45) is 2.36. The first-order chi connectivity index (χ1) is 11.1. The van der Waals surface area contributed by atoms with Crippen molar-refractivity contribution in [1.29, 1.82) is 0 Å². The third-order valence-electron chi connectivity index (χ3n) is 5.57. The van der Waals surface area contributed by atoms with E-state index in [9.17, 15) is 14.7 Å². The molecule has 6 heteroatoms. The van der Waals surface area contributed by atoms with Gasteiger partial charge in [-0.25, -0.2) is 4.79 Å². The lowest BCUT2D eigenvalue weighted by Crippen LogP contribution is -2.49. The van der Waals surface area contributed by atoms with Crippen LogP contribution in [0.2, 0.25) is 0 Å². The molecule has 0 radical (unpaired) electrons. The summed E-state index contributed by atoms with van der Waals surface area (Å²) in [5.41, 5.74) is 0.994. The molecule has 1 aromatic rings. The molecule has 6 nitrogen and oxygen atoms in total. The predicted molar refractivity (Wildman–Crippen MR) is 85.7 cm³/mol. The molecule has 122 valence electrons. The molecule has 1 atom stereocenters. The van der Waals surface area contributed by atoms with E-state index in [1.165, 1.54) is 0 Å². The van der Waals surface area contributed by atoms with Gasteiger partial charge in [-0.3, -0.25) is 9.69 Å². The number of aliphatic carboxylic acids is 1. The lowest BCUT2D eigenvalue weighted by molar-refractivity contribution is -0.147. The van der Waals surface area contributed by atoms with Crippen molar-refractivity contribution in [2.75, 3.05) is 31.1 Å².